The highest BCUT2D eigenvalue weighted by atomic mass is 16.7. The standard InChI is InChI=1S/C6H11NO3/c7-10-6(8)5-2-1-3-9-4-5/h5H,1-4,7H2/t5-/m0/s1. The lowest BCUT2D eigenvalue weighted by molar-refractivity contribution is -0.153. The normalized spacial score (nSPS) is 25.9. The van der Waals surface area contributed by atoms with E-state index < -0.39 is 0 Å². The van der Waals surface area contributed by atoms with Crippen LogP contribution in [0.25, 0.3) is 0 Å². The van der Waals surface area contributed by atoms with Crippen LogP contribution in [-0.4, -0.2) is 19.2 Å². The largest absolute Gasteiger partial charge is 0.381 e. The molecule has 0 saturated carbocycles. The summed E-state index contributed by atoms with van der Waals surface area (Å²) < 4.78 is 5.05. The predicted octanol–water partition coefficient (Wildman–Crippen LogP) is -0.170. The van der Waals surface area contributed by atoms with Crippen LogP contribution in [0.1, 0.15) is 12.8 Å². The molecule has 0 amide bonds. The van der Waals surface area contributed by atoms with Gasteiger partial charge in [0, 0.05) is 6.61 Å². The second kappa shape index (κ2) is 3.53. The van der Waals surface area contributed by atoms with Crippen LogP contribution >= 0.6 is 0 Å². The highest BCUT2D eigenvalue weighted by molar-refractivity contribution is 5.72. The number of nitrogens with two attached hydrogens (primary N) is 1. The highest BCUT2D eigenvalue weighted by Gasteiger charge is 2.22. The SMILES string of the molecule is NOC(=O)[C@H]1CCCOC1. The first kappa shape index (κ1) is 7.50. The van der Waals surface area contributed by atoms with Gasteiger partial charge in [0.2, 0.25) is 0 Å². The number of hydrogen-bond donors (Lipinski definition) is 1. The number of ether oxygens (including phenoxy) is 1. The number of hydrogen-bond acceptors (Lipinski definition) is 4. The molecule has 0 unspecified atom stereocenters. The summed E-state index contributed by atoms with van der Waals surface area (Å²) in [7, 11) is 0. The second-order valence-electron chi connectivity index (χ2n) is 2.35. The van der Waals surface area contributed by atoms with E-state index in [1.54, 1.807) is 0 Å². The zero-order valence-corrected chi connectivity index (χ0v) is 5.71. The molecule has 1 rings (SSSR count). The first-order chi connectivity index (χ1) is 4.84. The molecule has 4 heteroatoms. The Morgan fingerprint density at radius 1 is 1.70 bits per heavy atom. The van der Waals surface area contributed by atoms with Crippen LogP contribution in [0.4, 0.5) is 0 Å². The van der Waals surface area contributed by atoms with Gasteiger partial charge in [-0.25, -0.2) is 4.79 Å². The maximum Gasteiger partial charge on any atom is 0.329 e. The van der Waals surface area contributed by atoms with E-state index in [1.807, 2.05) is 0 Å². The van der Waals surface area contributed by atoms with Gasteiger partial charge in [-0.3, -0.25) is 0 Å². The molecule has 1 heterocycles. The first-order valence-electron chi connectivity index (χ1n) is 3.33. The van der Waals surface area contributed by atoms with Crippen molar-refractivity contribution < 1.29 is 14.4 Å². The van der Waals surface area contributed by atoms with Gasteiger partial charge in [-0.2, -0.15) is 5.90 Å². The van der Waals surface area contributed by atoms with E-state index >= 15 is 0 Å². The molecule has 1 saturated heterocycles. The van der Waals surface area contributed by atoms with E-state index in [4.69, 9.17) is 10.6 Å². The molecule has 1 atom stereocenters. The third-order valence-electron chi connectivity index (χ3n) is 1.61. The van der Waals surface area contributed by atoms with Crippen molar-refractivity contribution in [3.63, 3.8) is 0 Å². The molecule has 1 fully saturated rings. The van der Waals surface area contributed by atoms with Gasteiger partial charge >= 0.3 is 5.97 Å². The average Bonchev–Trinajstić information content (AvgIpc) is 2.05. The van der Waals surface area contributed by atoms with Crippen molar-refractivity contribution in [3.8, 4) is 0 Å². The van der Waals surface area contributed by atoms with Gasteiger partial charge in [0.1, 0.15) is 0 Å². The lowest BCUT2D eigenvalue weighted by atomic mass is 10.0. The molecule has 0 aliphatic carbocycles. The van der Waals surface area contributed by atoms with Crippen LogP contribution in [0.2, 0.25) is 0 Å². The Hall–Kier alpha value is -0.610. The van der Waals surface area contributed by atoms with Crippen LogP contribution in [0.3, 0.4) is 0 Å². The van der Waals surface area contributed by atoms with Crippen LogP contribution in [-0.2, 0) is 14.4 Å². The van der Waals surface area contributed by atoms with E-state index in [0.717, 1.165) is 19.4 Å². The van der Waals surface area contributed by atoms with Crippen molar-refractivity contribution in [1.29, 1.82) is 0 Å². The zero-order chi connectivity index (χ0) is 7.40. The number of carbonyl (C=O) groups excluding carboxylic acids is 1. The Morgan fingerprint density at radius 2 is 2.50 bits per heavy atom. The topological polar surface area (TPSA) is 61.5 Å². The van der Waals surface area contributed by atoms with Crippen molar-refractivity contribution >= 4 is 5.97 Å². The van der Waals surface area contributed by atoms with Crippen molar-refractivity contribution in [1.82, 2.24) is 0 Å². The molecule has 0 bridgehead atoms. The van der Waals surface area contributed by atoms with Crippen LogP contribution < -0.4 is 5.90 Å². The summed E-state index contributed by atoms with van der Waals surface area (Å²) in [6.07, 6.45) is 1.75. The number of rotatable bonds is 1. The van der Waals surface area contributed by atoms with Gasteiger partial charge < -0.3 is 9.57 Å². The second-order valence-corrected chi connectivity index (χ2v) is 2.35. The molecule has 2 N–H and O–H groups in total. The van der Waals surface area contributed by atoms with E-state index in [9.17, 15) is 4.79 Å². The van der Waals surface area contributed by atoms with Gasteiger partial charge in [-0.05, 0) is 12.8 Å². The van der Waals surface area contributed by atoms with E-state index in [-0.39, 0.29) is 11.9 Å². The Labute approximate surface area is 59.2 Å². The molecular weight excluding hydrogens is 134 g/mol. The fourth-order valence-electron chi connectivity index (χ4n) is 1.02. The van der Waals surface area contributed by atoms with Gasteiger partial charge in [-0.1, -0.05) is 0 Å². The molecule has 4 nitrogen and oxygen atoms in total. The lowest BCUT2D eigenvalue weighted by Crippen LogP contribution is -2.28. The molecule has 10 heavy (non-hydrogen) atoms. The third-order valence-corrected chi connectivity index (χ3v) is 1.61. The Morgan fingerprint density at radius 3 is 3.00 bits per heavy atom. The van der Waals surface area contributed by atoms with Crippen molar-refractivity contribution in [3.05, 3.63) is 0 Å². The smallest absolute Gasteiger partial charge is 0.329 e. The first-order valence-corrected chi connectivity index (χ1v) is 3.33. The highest BCUT2D eigenvalue weighted by Crippen LogP contribution is 2.13. The molecule has 1 aliphatic rings. The van der Waals surface area contributed by atoms with Crippen molar-refractivity contribution in [2.75, 3.05) is 13.2 Å². The maximum atomic E-state index is 10.7. The summed E-state index contributed by atoms with van der Waals surface area (Å²) in [4.78, 5) is 14.8. The van der Waals surface area contributed by atoms with Gasteiger partial charge in [0.15, 0.2) is 0 Å². The summed E-state index contributed by atoms with van der Waals surface area (Å²) in [6.45, 7) is 1.20. The van der Waals surface area contributed by atoms with Crippen LogP contribution in [0.15, 0.2) is 0 Å². The number of carbonyl (C=O) groups is 1. The average molecular weight is 145 g/mol. The van der Waals surface area contributed by atoms with Gasteiger partial charge in [0.25, 0.3) is 0 Å². The van der Waals surface area contributed by atoms with E-state index in [0.29, 0.717) is 6.61 Å². The Bertz CT molecular complexity index is 120. The van der Waals surface area contributed by atoms with E-state index in [1.165, 1.54) is 0 Å². The lowest BCUT2D eigenvalue weighted by Gasteiger charge is -2.18. The maximum absolute atomic E-state index is 10.7. The van der Waals surface area contributed by atoms with Crippen LogP contribution in [0, 0.1) is 5.92 Å². The zero-order valence-electron chi connectivity index (χ0n) is 5.71. The molecule has 1 aliphatic heterocycles. The Kier molecular flexibility index (Phi) is 2.65. The summed E-state index contributed by atoms with van der Waals surface area (Å²) >= 11 is 0. The summed E-state index contributed by atoms with van der Waals surface area (Å²) in [5.74, 6) is 4.20. The van der Waals surface area contributed by atoms with Gasteiger partial charge in [-0.15, -0.1) is 0 Å². The monoisotopic (exact) mass is 145 g/mol. The van der Waals surface area contributed by atoms with Crippen LogP contribution in [0.5, 0.6) is 0 Å². The van der Waals surface area contributed by atoms with Crippen molar-refractivity contribution in [2.45, 2.75) is 12.8 Å². The molecule has 0 aromatic heterocycles. The quantitative estimate of drug-likeness (QED) is 0.520. The summed E-state index contributed by atoms with van der Waals surface area (Å²) in [5.41, 5.74) is 0. The fraction of sp³-hybridized carbons (Fsp3) is 0.833. The molecule has 0 aromatic carbocycles. The minimum atomic E-state index is -0.361. The molecule has 0 aromatic rings. The summed E-state index contributed by atoms with van der Waals surface area (Å²) in [5, 5.41) is 0. The third kappa shape index (κ3) is 1.68. The molecule has 58 valence electrons. The predicted molar refractivity (Wildman–Crippen MR) is 33.8 cm³/mol. The molecule has 0 radical (unpaired) electrons. The summed E-state index contributed by atoms with van der Waals surface area (Å²) in [6, 6.07) is 0. The minimum Gasteiger partial charge on any atom is -0.381 e. The fourth-order valence-corrected chi connectivity index (χ4v) is 1.02. The molecule has 0 spiro atoms. The van der Waals surface area contributed by atoms with E-state index in [2.05, 4.69) is 4.84 Å². The minimum absolute atomic E-state index is 0.140. The molecular formula is C6H11NO3. The van der Waals surface area contributed by atoms with Gasteiger partial charge in [0.05, 0.1) is 12.5 Å². The van der Waals surface area contributed by atoms with Crippen molar-refractivity contribution in [2.24, 2.45) is 11.8 Å². The Balaban J connectivity index is 2.31.